The Morgan fingerprint density at radius 1 is 1.32 bits per heavy atom. The third-order valence-corrected chi connectivity index (χ3v) is 5.27. The first-order chi connectivity index (χ1) is 12.3. The van der Waals surface area contributed by atoms with Gasteiger partial charge in [0.2, 0.25) is 0 Å². The van der Waals surface area contributed by atoms with Crippen LogP contribution in [0.3, 0.4) is 0 Å². The second-order valence-corrected chi connectivity index (χ2v) is 7.27. The molecular weight excluding hydrogens is 318 g/mol. The Hall–Kier alpha value is -1.63. The second-order valence-electron chi connectivity index (χ2n) is 7.27. The van der Waals surface area contributed by atoms with Crippen molar-refractivity contribution >= 4 is 0 Å². The molecule has 2 aliphatic heterocycles. The highest BCUT2D eigenvalue weighted by Gasteiger charge is 2.29. The van der Waals surface area contributed by atoms with Crippen molar-refractivity contribution in [1.82, 2.24) is 14.7 Å². The van der Waals surface area contributed by atoms with Gasteiger partial charge < -0.3 is 13.9 Å². The first-order valence-electron chi connectivity index (χ1n) is 9.18. The number of ether oxygens (including phenoxy) is 2. The number of fused-ring (bicyclic) bond motifs is 1. The van der Waals surface area contributed by atoms with Crippen LogP contribution >= 0.6 is 0 Å². The molecule has 0 bridgehead atoms. The molecular formula is C19H27N3O3. The van der Waals surface area contributed by atoms with Gasteiger partial charge in [0.25, 0.3) is 0 Å². The molecule has 0 aliphatic carbocycles. The van der Waals surface area contributed by atoms with Crippen LogP contribution in [0.5, 0.6) is 0 Å². The lowest BCUT2D eigenvalue weighted by molar-refractivity contribution is 0.0601. The summed E-state index contributed by atoms with van der Waals surface area (Å²) < 4.78 is 18.3. The van der Waals surface area contributed by atoms with E-state index >= 15 is 0 Å². The highest BCUT2D eigenvalue weighted by Crippen LogP contribution is 2.29. The van der Waals surface area contributed by atoms with Crippen LogP contribution in [0.25, 0.3) is 0 Å². The Morgan fingerprint density at radius 3 is 2.96 bits per heavy atom. The smallest absolute Gasteiger partial charge is 0.0947 e. The third-order valence-electron chi connectivity index (χ3n) is 5.27. The third kappa shape index (κ3) is 3.97. The fourth-order valence-electron chi connectivity index (χ4n) is 4.03. The van der Waals surface area contributed by atoms with Crippen LogP contribution in [-0.4, -0.2) is 48.2 Å². The van der Waals surface area contributed by atoms with Crippen molar-refractivity contribution in [3.63, 3.8) is 0 Å². The largest absolute Gasteiger partial charge is 0.472 e. The van der Waals surface area contributed by atoms with Crippen LogP contribution in [0.1, 0.15) is 35.6 Å². The molecule has 25 heavy (non-hydrogen) atoms. The molecule has 4 rings (SSSR count). The summed E-state index contributed by atoms with van der Waals surface area (Å²) in [6.07, 6.45) is 8.09. The molecule has 0 N–H and O–H groups in total. The normalized spacial score (nSPS) is 22.2. The van der Waals surface area contributed by atoms with E-state index in [2.05, 4.69) is 15.8 Å². The minimum Gasteiger partial charge on any atom is -0.472 e. The fourth-order valence-corrected chi connectivity index (χ4v) is 4.03. The summed E-state index contributed by atoms with van der Waals surface area (Å²) in [5.41, 5.74) is 3.77. The standard InChI is InChI=1S/C19H27N3O3/c1-23-14-18-11-21(8-16-4-7-25-13-16)10-17-12-22(20-19(17)18)9-15-2-5-24-6-3-15/h4,7,12-13,15,18H,2-3,5-6,8-11,14H2,1H3. The van der Waals surface area contributed by atoms with Crippen molar-refractivity contribution in [2.75, 3.05) is 33.5 Å². The predicted molar refractivity (Wildman–Crippen MR) is 93.2 cm³/mol. The molecule has 2 aliphatic rings. The van der Waals surface area contributed by atoms with Crippen molar-refractivity contribution in [3.05, 3.63) is 41.6 Å². The molecule has 2 aromatic rings. The van der Waals surface area contributed by atoms with Gasteiger partial charge in [-0.15, -0.1) is 0 Å². The number of furan rings is 1. The quantitative estimate of drug-likeness (QED) is 0.806. The van der Waals surface area contributed by atoms with Gasteiger partial charge >= 0.3 is 0 Å². The van der Waals surface area contributed by atoms with Gasteiger partial charge in [0.1, 0.15) is 0 Å². The molecule has 4 heterocycles. The SMILES string of the molecule is COCC1CN(Cc2ccoc2)Cc2cn(CC3CCOCC3)nc21. The first kappa shape index (κ1) is 16.8. The Kier molecular flexibility index (Phi) is 5.20. The lowest BCUT2D eigenvalue weighted by Gasteiger charge is -2.31. The molecule has 6 heteroatoms. The van der Waals surface area contributed by atoms with E-state index in [0.29, 0.717) is 18.4 Å². The number of hydrogen-bond donors (Lipinski definition) is 0. The highest BCUT2D eigenvalue weighted by molar-refractivity contribution is 5.25. The average molecular weight is 345 g/mol. The van der Waals surface area contributed by atoms with Crippen molar-refractivity contribution in [2.45, 2.75) is 38.4 Å². The van der Waals surface area contributed by atoms with E-state index in [1.54, 1.807) is 13.4 Å². The lowest BCUT2D eigenvalue weighted by Crippen LogP contribution is -2.34. The van der Waals surface area contributed by atoms with Gasteiger partial charge in [0, 0.05) is 69.7 Å². The van der Waals surface area contributed by atoms with E-state index in [9.17, 15) is 0 Å². The van der Waals surface area contributed by atoms with Gasteiger partial charge in [-0.25, -0.2) is 0 Å². The number of rotatable bonds is 6. The number of hydrogen-bond acceptors (Lipinski definition) is 5. The maximum Gasteiger partial charge on any atom is 0.0947 e. The van der Waals surface area contributed by atoms with Crippen LogP contribution in [0, 0.1) is 5.92 Å². The van der Waals surface area contributed by atoms with Crippen LogP contribution in [-0.2, 0) is 29.1 Å². The molecule has 1 atom stereocenters. The molecule has 0 radical (unpaired) electrons. The van der Waals surface area contributed by atoms with Crippen LogP contribution < -0.4 is 0 Å². The van der Waals surface area contributed by atoms with Crippen molar-refractivity contribution in [1.29, 1.82) is 0 Å². The van der Waals surface area contributed by atoms with Crippen LogP contribution in [0.4, 0.5) is 0 Å². The lowest BCUT2D eigenvalue weighted by atomic mass is 9.97. The maximum absolute atomic E-state index is 5.47. The number of nitrogens with zero attached hydrogens (tertiary/aromatic N) is 3. The van der Waals surface area contributed by atoms with Crippen molar-refractivity contribution in [3.8, 4) is 0 Å². The topological polar surface area (TPSA) is 52.7 Å². The van der Waals surface area contributed by atoms with E-state index in [0.717, 1.165) is 52.2 Å². The van der Waals surface area contributed by atoms with Gasteiger partial charge in [-0.3, -0.25) is 9.58 Å². The van der Waals surface area contributed by atoms with Gasteiger partial charge in [-0.05, 0) is 24.8 Å². The minimum absolute atomic E-state index is 0.330. The molecule has 1 fully saturated rings. The Balaban J connectivity index is 1.48. The van der Waals surface area contributed by atoms with Crippen molar-refractivity contribution in [2.24, 2.45) is 5.92 Å². The summed E-state index contributed by atoms with van der Waals surface area (Å²) in [6.45, 7) is 6.30. The molecule has 0 aromatic carbocycles. The number of methoxy groups -OCH3 is 1. The summed E-state index contributed by atoms with van der Waals surface area (Å²) in [4.78, 5) is 2.46. The number of aromatic nitrogens is 2. The molecule has 6 nitrogen and oxygen atoms in total. The Bertz CT molecular complexity index is 662. The van der Waals surface area contributed by atoms with E-state index in [4.69, 9.17) is 19.0 Å². The van der Waals surface area contributed by atoms with E-state index in [-0.39, 0.29) is 0 Å². The second kappa shape index (κ2) is 7.72. The fraction of sp³-hybridized carbons (Fsp3) is 0.632. The Labute approximate surface area is 148 Å². The monoisotopic (exact) mass is 345 g/mol. The van der Waals surface area contributed by atoms with E-state index in [1.165, 1.54) is 16.8 Å². The van der Waals surface area contributed by atoms with Gasteiger partial charge in [0.15, 0.2) is 0 Å². The van der Waals surface area contributed by atoms with Gasteiger partial charge in [0.05, 0.1) is 24.8 Å². The van der Waals surface area contributed by atoms with Crippen LogP contribution in [0.2, 0.25) is 0 Å². The zero-order valence-electron chi connectivity index (χ0n) is 14.9. The van der Waals surface area contributed by atoms with Gasteiger partial charge in [-0.1, -0.05) is 0 Å². The highest BCUT2D eigenvalue weighted by atomic mass is 16.5. The van der Waals surface area contributed by atoms with Crippen molar-refractivity contribution < 1.29 is 13.9 Å². The summed E-state index contributed by atoms with van der Waals surface area (Å²) in [6, 6.07) is 2.04. The minimum atomic E-state index is 0.330. The summed E-state index contributed by atoms with van der Waals surface area (Å²) in [5.74, 6) is 1.01. The summed E-state index contributed by atoms with van der Waals surface area (Å²) >= 11 is 0. The average Bonchev–Trinajstić information content (AvgIpc) is 3.26. The molecule has 0 spiro atoms. The maximum atomic E-state index is 5.47. The predicted octanol–water partition coefficient (Wildman–Crippen LogP) is 2.65. The first-order valence-corrected chi connectivity index (χ1v) is 9.18. The van der Waals surface area contributed by atoms with E-state index < -0.39 is 0 Å². The molecule has 1 unspecified atom stereocenters. The Morgan fingerprint density at radius 2 is 2.20 bits per heavy atom. The molecule has 0 saturated carbocycles. The molecule has 0 amide bonds. The zero-order valence-corrected chi connectivity index (χ0v) is 14.9. The van der Waals surface area contributed by atoms with Crippen LogP contribution in [0.15, 0.2) is 29.2 Å². The molecule has 1 saturated heterocycles. The zero-order chi connectivity index (χ0) is 17.1. The summed E-state index contributed by atoms with van der Waals surface area (Å²) in [7, 11) is 1.77. The molecule has 136 valence electrons. The van der Waals surface area contributed by atoms with E-state index in [1.807, 2.05) is 12.3 Å². The summed E-state index contributed by atoms with van der Waals surface area (Å²) in [5, 5.41) is 4.93. The molecule has 2 aromatic heterocycles. The van der Waals surface area contributed by atoms with Gasteiger partial charge in [-0.2, -0.15) is 5.10 Å².